The minimum Gasteiger partial charge on any atom is -0.126 e. The first kappa shape index (κ1) is 37.3. The maximum atomic E-state index is 2.57. The van der Waals surface area contributed by atoms with Crippen molar-refractivity contribution in [3.63, 3.8) is 0 Å². The smallest absolute Gasteiger partial charge is 0.0307 e. The van der Waals surface area contributed by atoms with Crippen LogP contribution >= 0.6 is 0 Å². The van der Waals surface area contributed by atoms with Gasteiger partial charge in [0.25, 0.3) is 0 Å². The van der Waals surface area contributed by atoms with E-state index in [-0.39, 0.29) is 43.0 Å². The van der Waals surface area contributed by atoms with Gasteiger partial charge in [0.2, 0.25) is 0 Å². The molecule has 0 aromatic heterocycles. The van der Waals surface area contributed by atoms with Crippen molar-refractivity contribution < 1.29 is 26.2 Å². The van der Waals surface area contributed by atoms with Gasteiger partial charge in [-0.3, -0.25) is 0 Å². The Morgan fingerprint density at radius 2 is 1.29 bits per heavy atom. The Hall–Kier alpha value is -3.45. The monoisotopic (exact) mass is 757 g/mol. The fourth-order valence-electron chi connectivity index (χ4n) is 8.37. The Morgan fingerprint density at radius 3 is 1.90 bits per heavy atom. The van der Waals surface area contributed by atoms with Crippen molar-refractivity contribution in [3.05, 3.63) is 143 Å². The van der Waals surface area contributed by atoms with Crippen LogP contribution in [0.25, 0.3) is 60.3 Å². The molecule has 1 atom stereocenters. The molecule has 0 bridgehead atoms. The zero-order chi connectivity index (χ0) is 35.4. The van der Waals surface area contributed by atoms with Crippen molar-refractivity contribution in [2.75, 3.05) is 0 Å². The van der Waals surface area contributed by atoms with Gasteiger partial charge in [-0.1, -0.05) is 187 Å². The first-order chi connectivity index (χ1) is 24.0. The van der Waals surface area contributed by atoms with Gasteiger partial charge in [0.1, 0.15) is 0 Å². The summed E-state index contributed by atoms with van der Waals surface area (Å²) in [5.74, 6) is 0.225. The van der Waals surface area contributed by atoms with Crippen LogP contribution in [0.5, 0.6) is 0 Å². The Bertz CT molecular complexity index is 2350. The molecule has 51 heavy (non-hydrogen) atoms. The van der Waals surface area contributed by atoms with Gasteiger partial charge in [-0.15, -0.1) is 33.7 Å². The zero-order valence-corrected chi connectivity index (χ0v) is 35.4. The van der Waals surface area contributed by atoms with Crippen molar-refractivity contribution in [3.8, 4) is 11.1 Å². The predicted octanol–water partition coefficient (Wildman–Crippen LogP) is 14.4. The summed E-state index contributed by atoms with van der Waals surface area (Å²) in [4.78, 5) is 0. The molecule has 8 rings (SSSR count). The minimum atomic E-state index is 0. The molecule has 0 N–H and O–H groups in total. The standard InChI is InChI=1S/C47H45.C2H6Si.Zr/c1-8-14-31-27-40-38(19-13-20-39(40)44-35-17-11-9-15-29(35)25-30-16-10-12-18-36(30)44)43(31)45-41-28-32-26-33(46(2,3)4)21-22-34(32)37(41)23-24-42(45)47(5,6)7;1-3-2;/h9-13,15-28,43H,8,14H2,1-7H3;1-2H3;/q-1;;. The molecule has 1 aliphatic rings. The van der Waals surface area contributed by atoms with Crippen LogP contribution in [-0.4, -0.2) is 9.52 Å². The molecule has 0 amide bonds. The van der Waals surface area contributed by atoms with Crippen LogP contribution in [0.4, 0.5) is 0 Å². The number of rotatable bonds is 4. The van der Waals surface area contributed by atoms with E-state index in [2.05, 4.69) is 177 Å². The topological polar surface area (TPSA) is 0 Å². The summed E-state index contributed by atoms with van der Waals surface area (Å²) < 4.78 is 0. The van der Waals surface area contributed by atoms with E-state index in [0.29, 0.717) is 0 Å². The van der Waals surface area contributed by atoms with Gasteiger partial charge in [-0.05, 0) is 67.1 Å². The number of hydrogen-bond donors (Lipinski definition) is 0. The third-order valence-electron chi connectivity index (χ3n) is 10.6. The second-order valence-electron chi connectivity index (χ2n) is 16.3. The molecule has 2 radical (unpaired) electrons. The molecule has 0 aliphatic heterocycles. The molecule has 0 nitrogen and oxygen atoms in total. The first-order valence-corrected chi connectivity index (χ1v) is 20.5. The molecule has 2 heteroatoms. The average Bonchev–Trinajstić information content (AvgIpc) is 3.64. The summed E-state index contributed by atoms with van der Waals surface area (Å²) in [5.41, 5.74) is 11.5. The van der Waals surface area contributed by atoms with E-state index in [1.54, 1.807) is 0 Å². The fraction of sp³-hybridized carbons (Fsp3) is 0.286. The van der Waals surface area contributed by atoms with Crippen molar-refractivity contribution in [2.24, 2.45) is 0 Å². The first-order valence-electron chi connectivity index (χ1n) is 18.5. The molecular weight excluding hydrogens is 708 g/mol. The van der Waals surface area contributed by atoms with Crippen LogP contribution in [0.3, 0.4) is 0 Å². The molecule has 256 valence electrons. The quantitative estimate of drug-likeness (QED) is 0.0953. The maximum absolute atomic E-state index is 2.57. The molecule has 0 spiro atoms. The third kappa shape index (κ3) is 6.69. The van der Waals surface area contributed by atoms with Gasteiger partial charge in [0.05, 0.1) is 0 Å². The molecule has 0 fully saturated rings. The Balaban J connectivity index is 0.00000108. The summed E-state index contributed by atoms with van der Waals surface area (Å²) in [7, 11) is 1.08. The number of hydrogen-bond acceptors (Lipinski definition) is 0. The number of allylic oxidation sites excluding steroid dienone is 1. The molecule has 7 aromatic carbocycles. The van der Waals surface area contributed by atoms with Gasteiger partial charge in [-0.25, -0.2) is 0 Å². The Morgan fingerprint density at radius 1 is 0.667 bits per heavy atom. The van der Waals surface area contributed by atoms with E-state index < -0.39 is 0 Å². The summed E-state index contributed by atoms with van der Waals surface area (Å²) in [5, 5.41) is 10.8. The second-order valence-corrected chi connectivity index (χ2v) is 17.3. The van der Waals surface area contributed by atoms with E-state index in [9.17, 15) is 0 Å². The largest absolute Gasteiger partial charge is 0.126 e. The van der Waals surface area contributed by atoms with Gasteiger partial charge in [-0.2, -0.15) is 0 Å². The molecule has 1 unspecified atom stereocenters. The van der Waals surface area contributed by atoms with Gasteiger partial charge in [0.15, 0.2) is 0 Å². The van der Waals surface area contributed by atoms with Crippen LogP contribution in [0.15, 0.2) is 115 Å². The van der Waals surface area contributed by atoms with Gasteiger partial charge >= 0.3 is 0 Å². The average molecular weight is 759 g/mol. The molecule has 0 saturated heterocycles. The Labute approximate surface area is 327 Å². The summed E-state index contributed by atoms with van der Waals surface area (Å²) in [6.45, 7) is 20.7. The number of fused-ring (bicyclic) bond motifs is 6. The number of benzene rings is 6. The fourth-order valence-corrected chi connectivity index (χ4v) is 8.37. The zero-order valence-electron chi connectivity index (χ0n) is 32.0. The van der Waals surface area contributed by atoms with E-state index in [0.717, 1.165) is 22.4 Å². The van der Waals surface area contributed by atoms with Crippen molar-refractivity contribution in [1.82, 2.24) is 0 Å². The van der Waals surface area contributed by atoms with Crippen LogP contribution in [-0.2, 0) is 37.0 Å². The van der Waals surface area contributed by atoms with Crippen molar-refractivity contribution in [1.29, 1.82) is 0 Å². The van der Waals surface area contributed by atoms with Gasteiger partial charge in [0, 0.05) is 41.6 Å². The predicted molar refractivity (Wildman–Crippen MR) is 224 cm³/mol. The molecule has 0 heterocycles. The molecule has 0 saturated carbocycles. The Kier molecular flexibility index (Phi) is 10.6. The van der Waals surface area contributed by atoms with Crippen LogP contribution in [0.1, 0.15) is 95.0 Å². The SMILES string of the molecule is CCCC1=Cc2c(-c3c4ccccc4cc4ccccc34)cccc2C1c1c(C(C)(C)C)ccc2c1[cH-]c1cc(C(C)(C)C)ccc12.C[Si]C.[Zr]. The molecule has 1 aliphatic carbocycles. The molecule has 7 aromatic rings. The van der Waals surface area contributed by atoms with Crippen LogP contribution in [0.2, 0.25) is 13.1 Å². The van der Waals surface area contributed by atoms with Crippen molar-refractivity contribution >= 4 is 58.7 Å². The van der Waals surface area contributed by atoms with E-state index in [4.69, 9.17) is 0 Å². The minimum absolute atomic E-state index is 0. The van der Waals surface area contributed by atoms with Crippen LogP contribution < -0.4 is 0 Å². The second kappa shape index (κ2) is 14.5. The van der Waals surface area contributed by atoms with E-state index in [1.165, 1.54) is 87.6 Å². The van der Waals surface area contributed by atoms with Crippen LogP contribution in [0, 0.1) is 0 Å². The van der Waals surface area contributed by atoms with Crippen molar-refractivity contribution in [2.45, 2.75) is 91.1 Å². The third-order valence-corrected chi connectivity index (χ3v) is 10.6. The summed E-state index contributed by atoms with van der Waals surface area (Å²) in [6, 6.07) is 41.8. The van der Waals surface area contributed by atoms with E-state index >= 15 is 0 Å². The maximum Gasteiger partial charge on any atom is 0.0307 e. The van der Waals surface area contributed by atoms with E-state index in [1.807, 2.05) is 0 Å². The summed E-state index contributed by atoms with van der Waals surface area (Å²) in [6.07, 6.45) is 4.78. The normalized spacial score (nSPS) is 14.4. The van der Waals surface area contributed by atoms with Gasteiger partial charge < -0.3 is 0 Å². The molecular formula is C49H51SiZr-. The summed E-state index contributed by atoms with van der Waals surface area (Å²) >= 11 is 0.